The number of benzene rings is 2. The van der Waals surface area contributed by atoms with Crippen molar-refractivity contribution in [2.24, 2.45) is 0 Å². The number of rotatable bonds is 5. The molecule has 2 aliphatic heterocycles. The molecule has 2 aliphatic rings. The Morgan fingerprint density at radius 1 is 0.547 bits per heavy atom. The number of hydrogen-bond acceptors (Lipinski definition) is 10. The number of fused-ring (bicyclic) bond motifs is 4. The number of hydrogen-bond donors (Lipinski definition) is 0. The molecule has 0 aliphatic carbocycles. The average Bonchev–Trinajstić information content (AvgIpc) is 3.98. The van der Waals surface area contributed by atoms with E-state index in [0.717, 1.165) is 56.9 Å². The number of aromatic nitrogens is 8. The summed E-state index contributed by atoms with van der Waals surface area (Å²) < 4.78 is 51.6. The zero-order valence-corrected chi connectivity index (χ0v) is 28.3. The van der Waals surface area contributed by atoms with Gasteiger partial charge in [-0.1, -0.05) is 0 Å². The smallest absolute Gasteiger partial charge is 0.280 e. The number of halogens is 2. The van der Waals surface area contributed by atoms with Crippen LogP contribution in [0, 0.1) is 13.8 Å². The van der Waals surface area contributed by atoms with Gasteiger partial charge in [0.05, 0.1) is 22.8 Å². The van der Waals surface area contributed by atoms with Crippen LogP contribution in [0.4, 0.5) is 8.78 Å². The van der Waals surface area contributed by atoms with Gasteiger partial charge < -0.3 is 18.9 Å². The highest BCUT2D eigenvalue weighted by Gasteiger charge is 2.20. The maximum Gasteiger partial charge on any atom is 0.280 e. The fourth-order valence-electron chi connectivity index (χ4n) is 6.38. The molecular formula is C39H28F2N8O4. The van der Waals surface area contributed by atoms with Crippen LogP contribution in [0.15, 0.2) is 104 Å². The average molecular weight is 711 g/mol. The Morgan fingerprint density at radius 3 is 1.60 bits per heavy atom. The fraction of sp³-hybridized carbons (Fsp3) is 0.128. The molecule has 53 heavy (non-hydrogen) atoms. The van der Waals surface area contributed by atoms with Crippen LogP contribution in [-0.4, -0.2) is 52.6 Å². The normalized spacial score (nSPS) is 12.8. The molecule has 12 nitrogen and oxygen atoms in total. The van der Waals surface area contributed by atoms with Crippen LogP contribution >= 0.6 is 0 Å². The van der Waals surface area contributed by atoms with Crippen LogP contribution in [0.3, 0.4) is 0 Å². The summed E-state index contributed by atoms with van der Waals surface area (Å²) in [6.07, 6.45) is 2.26. The van der Waals surface area contributed by atoms with Crippen LogP contribution < -0.4 is 18.9 Å². The minimum absolute atomic E-state index is 0.194. The molecule has 0 radical (unpaired) electrons. The molecule has 14 heteroatoms. The predicted octanol–water partition coefficient (Wildman–Crippen LogP) is 7.98. The lowest BCUT2D eigenvalue weighted by molar-refractivity contribution is 0.146. The van der Waals surface area contributed by atoms with E-state index in [0.29, 0.717) is 33.9 Å². The van der Waals surface area contributed by atoms with Crippen molar-refractivity contribution < 1.29 is 27.7 Å². The molecule has 0 unspecified atom stereocenters. The first-order valence-electron chi connectivity index (χ1n) is 16.6. The van der Waals surface area contributed by atoms with E-state index in [1.54, 1.807) is 24.5 Å². The molecule has 0 atom stereocenters. The van der Waals surface area contributed by atoms with Crippen LogP contribution in [0.5, 0.6) is 23.0 Å². The van der Waals surface area contributed by atoms with Crippen molar-refractivity contribution in [3.05, 3.63) is 121 Å². The Balaban J connectivity index is 0.000000141. The highest BCUT2D eigenvalue weighted by Crippen LogP contribution is 2.36. The molecule has 0 saturated heterocycles. The second kappa shape index (κ2) is 13.0. The molecule has 10 rings (SSSR count). The fourth-order valence-corrected chi connectivity index (χ4v) is 6.38. The first-order chi connectivity index (χ1) is 25.9. The van der Waals surface area contributed by atoms with Crippen LogP contribution in [0.1, 0.15) is 23.8 Å². The minimum atomic E-state index is -2.63. The van der Waals surface area contributed by atoms with E-state index in [-0.39, 0.29) is 19.3 Å². The first kappa shape index (κ1) is 32.0. The summed E-state index contributed by atoms with van der Waals surface area (Å²) in [5.74, 6) is 4.47. The molecule has 8 aromatic rings. The Kier molecular flexibility index (Phi) is 7.83. The highest BCUT2D eigenvalue weighted by molar-refractivity contribution is 5.79. The lowest BCUT2D eigenvalue weighted by atomic mass is 10.1. The topological polar surface area (TPSA) is 124 Å². The minimum Gasteiger partial charge on any atom is -0.454 e. The van der Waals surface area contributed by atoms with Crippen molar-refractivity contribution in [1.29, 1.82) is 0 Å². The summed E-state index contributed by atoms with van der Waals surface area (Å²) in [7, 11) is 0. The highest BCUT2D eigenvalue weighted by atomic mass is 19.3. The van der Waals surface area contributed by atoms with E-state index in [9.17, 15) is 8.78 Å². The van der Waals surface area contributed by atoms with E-state index in [1.165, 1.54) is 12.3 Å². The number of aryl methyl sites for hydroxylation is 2. The Morgan fingerprint density at radius 2 is 1.06 bits per heavy atom. The van der Waals surface area contributed by atoms with Gasteiger partial charge in [-0.15, -0.1) is 0 Å². The maximum atomic E-state index is 13.0. The molecule has 8 heterocycles. The lowest BCUT2D eigenvalue weighted by Crippen LogP contribution is -1.99. The molecule has 0 amide bonds. The number of ether oxygens (including phenoxy) is 4. The summed E-state index contributed by atoms with van der Waals surface area (Å²) in [4.78, 5) is 26.5. The van der Waals surface area contributed by atoms with Crippen molar-refractivity contribution in [2.45, 2.75) is 20.3 Å². The van der Waals surface area contributed by atoms with E-state index < -0.39 is 6.43 Å². The van der Waals surface area contributed by atoms with Gasteiger partial charge in [0.15, 0.2) is 34.3 Å². The summed E-state index contributed by atoms with van der Waals surface area (Å²) in [5.41, 5.74) is 7.55. The monoisotopic (exact) mass is 710 g/mol. The van der Waals surface area contributed by atoms with Gasteiger partial charge in [-0.2, -0.15) is 0 Å². The molecule has 0 spiro atoms. The molecule has 0 saturated carbocycles. The van der Waals surface area contributed by atoms with Gasteiger partial charge in [-0.25, -0.2) is 28.7 Å². The maximum absolute atomic E-state index is 13.0. The van der Waals surface area contributed by atoms with Crippen LogP contribution in [0.2, 0.25) is 0 Å². The van der Waals surface area contributed by atoms with Crippen LogP contribution in [-0.2, 0) is 0 Å². The zero-order chi connectivity index (χ0) is 36.1. The van der Waals surface area contributed by atoms with Gasteiger partial charge in [0.1, 0.15) is 28.4 Å². The SMILES string of the molecule is Cc1nc2ccc(-c3ccnc(C(F)F)c3)nc2n1-c1ccc2c(c1)OCO2.Cc1nc2ccc(-c3ccncc3)nc2n1-c1ccc2c(c1)OCO2. The second-order valence-corrected chi connectivity index (χ2v) is 12.1. The third-order valence-corrected chi connectivity index (χ3v) is 8.85. The standard InChI is InChI=1S/C20H14F2N4O2.C19H14N4O2/c1-11-24-15-4-3-14(12-6-7-23-16(8-12)19(21)22)25-20(15)26(11)13-2-5-17-18(9-13)28-10-27-17;1-12-21-16-4-3-15(13-6-8-20-9-7-13)22-19(16)23(12)14-2-5-17-18(10-14)25-11-24-17/h2-9,19H,10H2,1H3;2-10H,11H2,1H3. The van der Waals surface area contributed by atoms with Crippen LogP contribution in [0.25, 0.3) is 56.2 Å². The van der Waals surface area contributed by atoms with Gasteiger partial charge in [-0.05, 0) is 86.6 Å². The number of alkyl halides is 2. The van der Waals surface area contributed by atoms with Crippen molar-refractivity contribution in [1.82, 2.24) is 39.0 Å². The largest absolute Gasteiger partial charge is 0.454 e. The van der Waals surface area contributed by atoms with E-state index in [4.69, 9.17) is 28.9 Å². The van der Waals surface area contributed by atoms with Crippen molar-refractivity contribution >= 4 is 22.3 Å². The summed E-state index contributed by atoms with van der Waals surface area (Å²) in [5, 5.41) is 0. The van der Waals surface area contributed by atoms with E-state index in [1.807, 2.05) is 89.7 Å². The van der Waals surface area contributed by atoms with E-state index in [2.05, 4.69) is 19.9 Å². The summed E-state index contributed by atoms with van der Waals surface area (Å²) in [6.45, 7) is 4.30. The predicted molar refractivity (Wildman–Crippen MR) is 191 cm³/mol. The molecule has 0 bridgehead atoms. The Hall–Kier alpha value is -6.96. The molecule has 0 N–H and O–H groups in total. The Labute approximate surface area is 300 Å². The third-order valence-electron chi connectivity index (χ3n) is 8.85. The van der Waals surface area contributed by atoms with Gasteiger partial charge in [-0.3, -0.25) is 19.1 Å². The van der Waals surface area contributed by atoms with Gasteiger partial charge in [0, 0.05) is 41.9 Å². The summed E-state index contributed by atoms with van der Waals surface area (Å²) >= 11 is 0. The lowest BCUT2D eigenvalue weighted by Gasteiger charge is -2.09. The van der Waals surface area contributed by atoms with Crippen molar-refractivity contribution in [2.75, 3.05) is 13.6 Å². The molecule has 0 fully saturated rings. The number of nitrogens with zero attached hydrogens (tertiary/aromatic N) is 8. The number of imidazole rings is 2. The quantitative estimate of drug-likeness (QED) is 0.174. The zero-order valence-electron chi connectivity index (χ0n) is 28.3. The van der Waals surface area contributed by atoms with Gasteiger partial charge in [0.25, 0.3) is 6.43 Å². The van der Waals surface area contributed by atoms with Gasteiger partial charge in [0.2, 0.25) is 13.6 Å². The van der Waals surface area contributed by atoms with Crippen molar-refractivity contribution in [3.63, 3.8) is 0 Å². The molecule has 262 valence electrons. The van der Waals surface area contributed by atoms with Gasteiger partial charge >= 0.3 is 0 Å². The van der Waals surface area contributed by atoms with Crippen molar-refractivity contribution in [3.8, 4) is 56.9 Å². The third kappa shape index (κ3) is 5.89. The first-order valence-corrected chi connectivity index (χ1v) is 16.6. The molecular weight excluding hydrogens is 682 g/mol. The molecule has 6 aromatic heterocycles. The molecule has 2 aromatic carbocycles. The number of pyridine rings is 4. The second-order valence-electron chi connectivity index (χ2n) is 12.1. The summed E-state index contributed by atoms with van der Waals surface area (Å²) in [6, 6.07) is 25.9. The van der Waals surface area contributed by atoms with E-state index >= 15 is 0 Å². The Bertz CT molecular complexity index is 2660.